The molecule has 0 aromatic carbocycles. The van der Waals surface area contributed by atoms with Gasteiger partial charge in [-0.05, 0) is 44.9 Å². The molecule has 2 heterocycles. The summed E-state index contributed by atoms with van der Waals surface area (Å²) in [6.07, 6.45) is 4.48. The molecule has 1 atom stereocenters. The number of likely N-dealkylation sites (tertiary alicyclic amines) is 1. The molecule has 110 valence electrons. The second-order valence-electron chi connectivity index (χ2n) is 6.00. The minimum absolute atomic E-state index is 0.190. The van der Waals surface area contributed by atoms with Gasteiger partial charge in [-0.25, -0.2) is 4.79 Å². The zero-order valence-electron chi connectivity index (χ0n) is 12.3. The van der Waals surface area contributed by atoms with Crippen LogP contribution in [0.1, 0.15) is 32.8 Å². The van der Waals surface area contributed by atoms with E-state index in [4.69, 9.17) is 4.74 Å². The molecule has 2 rings (SSSR count). The molecule has 0 aliphatic carbocycles. The molecule has 20 heavy (non-hydrogen) atoms. The van der Waals surface area contributed by atoms with Crippen molar-refractivity contribution in [3.8, 4) is 0 Å². The molecule has 0 spiro atoms. The molecule has 0 bridgehead atoms. The van der Waals surface area contributed by atoms with Crippen LogP contribution in [0.15, 0.2) is 24.5 Å². The standard InChI is InChI=1S/C15H22N2O2S/c1-15(2,3)19-14(18)17-9-6-13(10-17)20-11-12-4-7-16-8-5-12/h4-5,7-8,13H,6,9-11H2,1-3H3/t13-/m0/s1. The first-order valence-corrected chi connectivity index (χ1v) is 7.97. The number of amides is 1. The third kappa shape index (κ3) is 4.71. The van der Waals surface area contributed by atoms with Gasteiger partial charge in [-0.2, -0.15) is 11.8 Å². The number of rotatable bonds is 3. The Labute approximate surface area is 124 Å². The van der Waals surface area contributed by atoms with Crippen molar-refractivity contribution in [2.75, 3.05) is 13.1 Å². The molecule has 0 unspecified atom stereocenters. The van der Waals surface area contributed by atoms with E-state index in [2.05, 4.69) is 4.98 Å². The average molecular weight is 294 g/mol. The SMILES string of the molecule is CC(C)(C)OC(=O)N1CC[C@H](SCc2ccncc2)C1. The van der Waals surface area contributed by atoms with Gasteiger partial charge in [-0.1, -0.05) is 0 Å². The highest BCUT2D eigenvalue weighted by Gasteiger charge is 2.29. The van der Waals surface area contributed by atoms with Gasteiger partial charge in [0.1, 0.15) is 5.60 Å². The predicted octanol–water partition coefficient (Wildman–Crippen LogP) is 3.32. The van der Waals surface area contributed by atoms with E-state index in [0.717, 1.165) is 25.3 Å². The quantitative estimate of drug-likeness (QED) is 0.857. The lowest BCUT2D eigenvalue weighted by molar-refractivity contribution is 0.0295. The molecule has 1 aromatic rings. The number of carbonyl (C=O) groups is 1. The van der Waals surface area contributed by atoms with Gasteiger partial charge in [0, 0.05) is 36.5 Å². The highest BCUT2D eigenvalue weighted by molar-refractivity contribution is 7.99. The van der Waals surface area contributed by atoms with Crippen molar-refractivity contribution in [3.63, 3.8) is 0 Å². The van der Waals surface area contributed by atoms with Crippen molar-refractivity contribution in [1.82, 2.24) is 9.88 Å². The van der Waals surface area contributed by atoms with Crippen LogP contribution in [-0.2, 0) is 10.5 Å². The Morgan fingerprint density at radius 3 is 2.80 bits per heavy atom. The van der Waals surface area contributed by atoms with Crippen molar-refractivity contribution < 1.29 is 9.53 Å². The van der Waals surface area contributed by atoms with Crippen molar-refractivity contribution in [3.05, 3.63) is 30.1 Å². The summed E-state index contributed by atoms with van der Waals surface area (Å²) in [5.74, 6) is 0.968. The van der Waals surface area contributed by atoms with Crippen LogP contribution in [0.25, 0.3) is 0 Å². The molecule has 5 heteroatoms. The van der Waals surface area contributed by atoms with E-state index < -0.39 is 5.60 Å². The lowest BCUT2D eigenvalue weighted by Gasteiger charge is -2.24. The minimum Gasteiger partial charge on any atom is -0.444 e. The number of ether oxygens (including phenoxy) is 1. The molecule has 0 radical (unpaired) electrons. The lowest BCUT2D eigenvalue weighted by atomic mass is 10.2. The Morgan fingerprint density at radius 1 is 1.45 bits per heavy atom. The first kappa shape index (κ1) is 15.2. The lowest BCUT2D eigenvalue weighted by Crippen LogP contribution is -2.35. The van der Waals surface area contributed by atoms with Gasteiger partial charge in [-0.15, -0.1) is 0 Å². The summed E-state index contributed by atoms with van der Waals surface area (Å²) in [6.45, 7) is 7.28. The summed E-state index contributed by atoms with van der Waals surface area (Å²) >= 11 is 1.90. The molecule has 1 saturated heterocycles. The second-order valence-corrected chi connectivity index (χ2v) is 7.29. The fraction of sp³-hybridized carbons (Fsp3) is 0.600. The van der Waals surface area contributed by atoms with Crippen molar-refractivity contribution in [2.24, 2.45) is 0 Å². The van der Waals surface area contributed by atoms with Crippen molar-refractivity contribution in [2.45, 2.75) is 43.8 Å². The van der Waals surface area contributed by atoms with Crippen LogP contribution in [-0.4, -0.2) is 39.9 Å². The molecule has 1 aliphatic heterocycles. The van der Waals surface area contributed by atoms with Gasteiger partial charge in [0.15, 0.2) is 0 Å². The maximum atomic E-state index is 12.0. The third-order valence-corrected chi connectivity index (χ3v) is 4.39. The first-order valence-electron chi connectivity index (χ1n) is 6.92. The maximum absolute atomic E-state index is 12.0. The fourth-order valence-electron chi connectivity index (χ4n) is 2.05. The highest BCUT2D eigenvalue weighted by atomic mass is 32.2. The zero-order chi connectivity index (χ0) is 14.6. The van der Waals surface area contributed by atoms with E-state index in [1.54, 1.807) is 0 Å². The Balaban J connectivity index is 1.76. The van der Waals surface area contributed by atoms with E-state index in [9.17, 15) is 4.79 Å². The molecule has 4 nitrogen and oxygen atoms in total. The summed E-state index contributed by atoms with van der Waals surface area (Å²) in [4.78, 5) is 17.8. The van der Waals surface area contributed by atoms with Crippen LogP contribution in [0.2, 0.25) is 0 Å². The normalized spacial score (nSPS) is 19.1. The van der Waals surface area contributed by atoms with Crippen molar-refractivity contribution >= 4 is 17.9 Å². The van der Waals surface area contributed by atoms with Crippen LogP contribution in [0.3, 0.4) is 0 Å². The van der Waals surface area contributed by atoms with E-state index >= 15 is 0 Å². The fourth-order valence-corrected chi connectivity index (χ4v) is 3.23. The summed E-state index contributed by atoms with van der Waals surface area (Å²) in [5.41, 5.74) is 0.861. The smallest absolute Gasteiger partial charge is 0.410 e. The number of hydrogen-bond donors (Lipinski definition) is 0. The summed E-state index contributed by atoms with van der Waals surface area (Å²) in [7, 11) is 0. The monoisotopic (exact) mass is 294 g/mol. The molecular weight excluding hydrogens is 272 g/mol. The average Bonchev–Trinajstić information content (AvgIpc) is 2.84. The summed E-state index contributed by atoms with van der Waals surface area (Å²) < 4.78 is 5.40. The van der Waals surface area contributed by atoms with E-state index in [1.165, 1.54) is 5.56 Å². The largest absolute Gasteiger partial charge is 0.444 e. The molecule has 1 aromatic heterocycles. The number of thioether (sulfide) groups is 1. The number of nitrogens with zero attached hydrogens (tertiary/aromatic N) is 2. The molecule has 1 aliphatic rings. The van der Waals surface area contributed by atoms with Gasteiger partial charge in [0.25, 0.3) is 0 Å². The zero-order valence-corrected chi connectivity index (χ0v) is 13.2. The van der Waals surface area contributed by atoms with Crippen molar-refractivity contribution in [1.29, 1.82) is 0 Å². The number of aromatic nitrogens is 1. The van der Waals surface area contributed by atoms with Gasteiger partial charge in [0.2, 0.25) is 0 Å². The first-order chi connectivity index (χ1) is 9.44. The van der Waals surface area contributed by atoms with E-state index in [0.29, 0.717) is 5.25 Å². The maximum Gasteiger partial charge on any atom is 0.410 e. The highest BCUT2D eigenvalue weighted by Crippen LogP contribution is 2.26. The minimum atomic E-state index is -0.417. The molecule has 1 amide bonds. The number of carbonyl (C=O) groups excluding carboxylic acids is 1. The molecule has 0 saturated carbocycles. The van der Waals surface area contributed by atoms with Gasteiger partial charge >= 0.3 is 6.09 Å². The number of pyridine rings is 1. The topological polar surface area (TPSA) is 42.4 Å². The number of hydrogen-bond acceptors (Lipinski definition) is 4. The Bertz CT molecular complexity index is 445. The van der Waals surface area contributed by atoms with Crippen LogP contribution < -0.4 is 0 Å². The van der Waals surface area contributed by atoms with Crippen LogP contribution in [0, 0.1) is 0 Å². The molecule has 1 fully saturated rings. The third-order valence-electron chi connectivity index (χ3n) is 3.03. The van der Waals surface area contributed by atoms with E-state index in [-0.39, 0.29) is 6.09 Å². The van der Waals surface area contributed by atoms with Gasteiger partial charge in [0.05, 0.1) is 0 Å². The van der Waals surface area contributed by atoms with Crippen LogP contribution >= 0.6 is 11.8 Å². The summed E-state index contributed by atoms with van der Waals surface area (Å²) in [6, 6.07) is 4.07. The summed E-state index contributed by atoms with van der Waals surface area (Å²) in [5, 5.41) is 0.496. The predicted molar refractivity (Wildman–Crippen MR) is 81.7 cm³/mol. The van der Waals surface area contributed by atoms with E-state index in [1.807, 2.05) is 62.0 Å². The van der Waals surface area contributed by atoms with Gasteiger partial charge in [-0.3, -0.25) is 4.98 Å². The Kier molecular flexibility index (Phi) is 4.91. The molecule has 0 N–H and O–H groups in total. The Morgan fingerprint density at radius 2 is 2.15 bits per heavy atom. The van der Waals surface area contributed by atoms with Crippen LogP contribution in [0.5, 0.6) is 0 Å². The molecular formula is C15H22N2O2S. The Hall–Kier alpha value is -1.23. The second kappa shape index (κ2) is 6.48. The van der Waals surface area contributed by atoms with Gasteiger partial charge < -0.3 is 9.64 Å². The van der Waals surface area contributed by atoms with Crippen LogP contribution in [0.4, 0.5) is 4.79 Å².